The Morgan fingerprint density at radius 3 is 2.63 bits per heavy atom. The van der Waals surface area contributed by atoms with Crippen molar-refractivity contribution in [2.45, 2.75) is 95.9 Å². The molecular weight excluding hydrogens is 520 g/mol. The van der Waals surface area contributed by atoms with Gasteiger partial charge in [0.2, 0.25) is 0 Å². The van der Waals surface area contributed by atoms with Crippen molar-refractivity contribution in [1.29, 1.82) is 0 Å². The molecule has 1 atom stereocenters. The highest BCUT2D eigenvalue weighted by atomic mass is 16.6. The second kappa shape index (κ2) is 11.0. The van der Waals surface area contributed by atoms with Crippen LogP contribution in [0.3, 0.4) is 0 Å². The van der Waals surface area contributed by atoms with Gasteiger partial charge < -0.3 is 9.64 Å². The highest BCUT2D eigenvalue weighted by Gasteiger charge is 2.42. The Bertz CT molecular complexity index is 1500. The number of ether oxygens (including phenoxy) is 1. The minimum absolute atomic E-state index is 0.0242. The standard InChI is InChI=1S/C30H36N8O3/c1-30(2,19-32-35-31)41-29(40)37-18-21-16-23(14-15-25(21)33-37)38(22-12-13-22)28(39)27-24-10-6-7-11-26(24)36(34-27)17-20-8-4-3-5-9-20/h3-5,8-9,18,22-23H,6-7,10-17,19H2,1-2H3. The number of aryl methyl sites for hydroxylation is 1. The minimum atomic E-state index is -0.948. The Labute approximate surface area is 239 Å². The molecule has 2 heterocycles. The second-order valence-electron chi connectivity index (χ2n) is 12.0. The predicted octanol–water partition coefficient (Wildman–Crippen LogP) is 5.24. The molecule has 0 N–H and O–H groups in total. The molecule has 3 aliphatic rings. The molecule has 0 radical (unpaired) electrons. The Balaban J connectivity index is 1.22. The number of amides is 1. The summed E-state index contributed by atoms with van der Waals surface area (Å²) in [7, 11) is 0. The third-order valence-electron chi connectivity index (χ3n) is 8.32. The molecular formula is C30H36N8O3. The fraction of sp³-hybridized carbons (Fsp3) is 0.533. The summed E-state index contributed by atoms with van der Waals surface area (Å²) in [6.07, 6.45) is 9.28. The topological polar surface area (TPSA) is 131 Å². The third kappa shape index (κ3) is 5.72. The molecule has 1 fully saturated rings. The van der Waals surface area contributed by atoms with Gasteiger partial charge in [-0.25, -0.2) is 4.79 Å². The van der Waals surface area contributed by atoms with Gasteiger partial charge >= 0.3 is 6.09 Å². The molecule has 1 aromatic carbocycles. The smallest absolute Gasteiger partial charge is 0.435 e. The molecule has 0 aliphatic heterocycles. The van der Waals surface area contributed by atoms with E-state index in [1.54, 1.807) is 20.0 Å². The van der Waals surface area contributed by atoms with E-state index in [9.17, 15) is 9.59 Å². The SMILES string of the molecule is CC(C)(CN=[N+]=[N-])OC(=O)n1cc2c(n1)CCC(N(C(=O)c1nn(Cc3ccccc3)c3c1CCCC3)C1CC1)C2. The molecule has 11 nitrogen and oxygen atoms in total. The summed E-state index contributed by atoms with van der Waals surface area (Å²) >= 11 is 0. The quantitative estimate of drug-likeness (QED) is 0.213. The summed E-state index contributed by atoms with van der Waals surface area (Å²) < 4.78 is 8.83. The molecule has 0 bridgehead atoms. The van der Waals surface area contributed by atoms with E-state index in [0.29, 0.717) is 25.1 Å². The first kappa shape index (κ1) is 27.1. The van der Waals surface area contributed by atoms with Gasteiger partial charge in [-0.3, -0.25) is 9.48 Å². The number of fused-ring (bicyclic) bond motifs is 2. The van der Waals surface area contributed by atoms with Crippen LogP contribution in [0.25, 0.3) is 10.4 Å². The van der Waals surface area contributed by atoms with Gasteiger partial charge in [0.15, 0.2) is 5.69 Å². The summed E-state index contributed by atoms with van der Waals surface area (Å²) in [5.74, 6) is 0.0394. The lowest BCUT2D eigenvalue weighted by Gasteiger charge is -2.34. The van der Waals surface area contributed by atoms with E-state index in [2.05, 4.69) is 36.8 Å². The number of rotatable bonds is 8. The van der Waals surface area contributed by atoms with Crippen molar-refractivity contribution in [3.63, 3.8) is 0 Å². The molecule has 1 amide bonds. The van der Waals surface area contributed by atoms with Gasteiger partial charge in [0.1, 0.15) is 5.60 Å². The van der Waals surface area contributed by atoms with E-state index < -0.39 is 11.7 Å². The van der Waals surface area contributed by atoms with Crippen molar-refractivity contribution < 1.29 is 14.3 Å². The number of hydrogen-bond donors (Lipinski definition) is 0. The summed E-state index contributed by atoms with van der Waals surface area (Å²) in [5.41, 5.74) is 13.6. The van der Waals surface area contributed by atoms with Crippen LogP contribution in [0.5, 0.6) is 0 Å². The maximum absolute atomic E-state index is 14.3. The first-order valence-electron chi connectivity index (χ1n) is 14.6. The minimum Gasteiger partial charge on any atom is -0.442 e. The van der Waals surface area contributed by atoms with Crippen LogP contribution in [0.4, 0.5) is 4.79 Å². The lowest BCUT2D eigenvalue weighted by atomic mass is 9.91. The van der Waals surface area contributed by atoms with Crippen LogP contribution < -0.4 is 0 Å². The summed E-state index contributed by atoms with van der Waals surface area (Å²) in [6, 6.07) is 10.5. The van der Waals surface area contributed by atoms with Crippen molar-refractivity contribution >= 4 is 12.0 Å². The zero-order valence-corrected chi connectivity index (χ0v) is 23.7. The van der Waals surface area contributed by atoms with E-state index in [0.717, 1.165) is 61.8 Å². The summed E-state index contributed by atoms with van der Waals surface area (Å²) in [4.78, 5) is 31.9. The number of hydrogen-bond acceptors (Lipinski definition) is 6. The summed E-state index contributed by atoms with van der Waals surface area (Å²) in [6.45, 7) is 4.08. The van der Waals surface area contributed by atoms with E-state index in [1.807, 2.05) is 18.2 Å². The first-order valence-corrected chi connectivity index (χ1v) is 14.6. The number of carbonyl (C=O) groups excluding carboxylic acids is 2. The predicted molar refractivity (Wildman–Crippen MR) is 152 cm³/mol. The van der Waals surface area contributed by atoms with Gasteiger partial charge in [0.25, 0.3) is 5.91 Å². The maximum atomic E-state index is 14.3. The molecule has 41 heavy (non-hydrogen) atoms. The first-order chi connectivity index (χ1) is 19.8. The van der Waals surface area contributed by atoms with E-state index in [1.165, 1.54) is 15.9 Å². The van der Waals surface area contributed by atoms with Gasteiger partial charge in [-0.15, -0.1) is 0 Å². The van der Waals surface area contributed by atoms with Gasteiger partial charge in [-0.05, 0) is 88.3 Å². The van der Waals surface area contributed by atoms with E-state index in [4.69, 9.17) is 15.4 Å². The normalized spacial score (nSPS) is 18.1. The van der Waals surface area contributed by atoms with Crippen LogP contribution in [-0.2, 0) is 37.0 Å². The lowest BCUT2D eigenvalue weighted by molar-refractivity contribution is 0.0441. The van der Waals surface area contributed by atoms with Crippen molar-refractivity contribution in [1.82, 2.24) is 24.5 Å². The third-order valence-corrected chi connectivity index (χ3v) is 8.32. The van der Waals surface area contributed by atoms with Crippen LogP contribution in [-0.4, -0.2) is 60.7 Å². The number of azide groups is 1. The monoisotopic (exact) mass is 556 g/mol. The fourth-order valence-corrected chi connectivity index (χ4v) is 6.17. The Hall–Kier alpha value is -4.11. The number of benzene rings is 1. The molecule has 1 saturated carbocycles. The van der Waals surface area contributed by atoms with Crippen LogP contribution in [0.15, 0.2) is 41.6 Å². The Morgan fingerprint density at radius 2 is 1.88 bits per heavy atom. The van der Waals surface area contributed by atoms with Crippen LogP contribution >= 0.6 is 0 Å². The Kier molecular flexibility index (Phi) is 7.30. The van der Waals surface area contributed by atoms with Crippen LogP contribution in [0.1, 0.15) is 84.5 Å². The van der Waals surface area contributed by atoms with Gasteiger partial charge in [0, 0.05) is 34.4 Å². The number of aromatic nitrogens is 4. The van der Waals surface area contributed by atoms with Crippen LogP contribution in [0.2, 0.25) is 0 Å². The zero-order chi connectivity index (χ0) is 28.6. The Morgan fingerprint density at radius 1 is 1.10 bits per heavy atom. The fourth-order valence-electron chi connectivity index (χ4n) is 6.17. The number of nitrogens with zero attached hydrogens (tertiary/aromatic N) is 8. The molecule has 214 valence electrons. The van der Waals surface area contributed by atoms with Crippen molar-refractivity contribution in [3.8, 4) is 0 Å². The van der Waals surface area contributed by atoms with Gasteiger partial charge in [-0.1, -0.05) is 35.4 Å². The molecule has 3 aromatic rings. The molecule has 2 aromatic heterocycles. The van der Waals surface area contributed by atoms with Crippen LogP contribution in [0, 0.1) is 0 Å². The number of carbonyl (C=O) groups is 2. The van der Waals surface area contributed by atoms with Crippen molar-refractivity contribution in [3.05, 3.63) is 80.7 Å². The molecule has 3 aliphatic carbocycles. The maximum Gasteiger partial charge on any atom is 0.435 e. The average molecular weight is 557 g/mol. The lowest BCUT2D eigenvalue weighted by Crippen LogP contribution is -2.45. The van der Waals surface area contributed by atoms with Crippen molar-refractivity contribution in [2.75, 3.05) is 6.54 Å². The van der Waals surface area contributed by atoms with Gasteiger partial charge in [0.05, 0.1) is 18.8 Å². The highest BCUT2D eigenvalue weighted by molar-refractivity contribution is 5.95. The average Bonchev–Trinajstić information content (AvgIpc) is 3.59. The largest absolute Gasteiger partial charge is 0.442 e. The summed E-state index contributed by atoms with van der Waals surface area (Å²) in [5, 5.41) is 13.0. The molecule has 1 unspecified atom stereocenters. The molecule has 11 heteroatoms. The van der Waals surface area contributed by atoms with Gasteiger partial charge in [-0.2, -0.15) is 14.9 Å². The van der Waals surface area contributed by atoms with E-state index >= 15 is 0 Å². The molecule has 0 spiro atoms. The molecule has 0 saturated heterocycles. The molecule has 6 rings (SSSR count). The zero-order valence-electron chi connectivity index (χ0n) is 23.7. The second-order valence-corrected chi connectivity index (χ2v) is 12.0. The van der Waals surface area contributed by atoms with E-state index in [-0.39, 0.29) is 24.5 Å². The highest BCUT2D eigenvalue weighted by Crippen LogP contribution is 2.36. The van der Waals surface area contributed by atoms with Crippen molar-refractivity contribution in [2.24, 2.45) is 5.11 Å².